The third-order valence-corrected chi connectivity index (χ3v) is 4.19. The Morgan fingerprint density at radius 1 is 1.35 bits per heavy atom. The molecule has 0 radical (unpaired) electrons. The van der Waals surface area contributed by atoms with Gasteiger partial charge in [0.1, 0.15) is 0 Å². The molecule has 1 saturated heterocycles. The van der Waals surface area contributed by atoms with Gasteiger partial charge in [0, 0.05) is 30.1 Å². The second kappa shape index (κ2) is 6.27. The first-order valence-electron chi connectivity index (χ1n) is 6.74. The van der Waals surface area contributed by atoms with Gasteiger partial charge < -0.3 is 10.0 Å². The summed E-state index contributed by atoms with van der Waals surface area (Å²) < 4.78 is 0. The van der Waals surface area contributed by atoms with E-state index < -0.39 is 5.97 Å². The zero-order valence-corrected chi connectivity index (χ0v) is 12.2. The summed E-state index contributed by atoms with van der Waals surface area (Å²) in [5.74, 6) is -0.612. The van der Waals surface area contributed by atoms with Crippen LogP contribution in [-0.2, 0) is 4.79 Å². The van der Waals surface area contributed by atoms with E-state index in [-0.39, 0.29) is 18.2 Å². The summed E-state index contributed by atoms with van der Waals surface area (Å²) in [6.45, 7) is 3.12. The number of nitrogens with zero attached hydrogens (tertiary/aromatic N) is 1. The Balaban J connectivity index is 1.97. The summed E-state index contributed by atoms with van der Waals surface area (Å²) in [4.78, 5) is 24.8. The molecule has 0 aliphatic carbocycles. The molecule has 108 valence electrons. The van der Waals surface area contributed by atoms with Crippen LogP contribution in [0.15, 0.2) is 18.2 Å². The minimum absolute atomic E-state index is 0.0272. The molecule has 1 aromatic rings. The molecule has 0 unspecified atom stereocenters. The summed E-state index contributed by atoms with van der Waals surface area (Å²) in [6.07, 6.45) is 1.69. The quantitative estimate of drug-likeness (QED) is 0.932. The van der Waals surface area contributed by atoms with Crippen molar-refractivity contribution in [2.45, 2.75) is 26.2 Å². The van der Waals surface area contributed by atoms with Gasteiger partial charge in [-0.1, -0.05) is 17.7 Å². The molecule has 5 heteroatoms. The largest absolute Gasteiger partial charge is 0.481 e. The van der Waals surface area contributed by atoms with E-state index in [9.17, 15) is 9.59 Å². The monoisotopic (exact) mass is 295 g/mol. The maximum atomic E-state index is 12.3. The van der Waals surface area contributed by atoms with Gasteiger partial charge in [-0.15, -0.1) is 0 Å². The number of carboxylic acids is 1. The summed E-state index contributed by atoms with van der Waals surface area (Å²) in [7, 11) is 0. The van der Waals surface area contributed by atoms with Gasteiger partial charge in [-0.3, -0.25) is 9.59 Å². The fourth-order valence-corrected chi connectivity index (χ4v) is 2.68. The van der Waals surface area contributed by atoms with Gasteiger partial charge in [-0.2, -0.15) is 0 Å². The van der Waals surface area contributed by atoms with Crippen molar-refractivity contribution >= 4 is 23.5 Å². The van der Waals surface area contributed by atoms with Gasteiger partial charge in [0.25, 0.3) is 5.91 Å². The predicted molar refractivity (Wildman–Crippen MR) is 77.1 cm³/mol. The normalized spacial score (nSPS) is 16.2. The lowest BCUT2D eigenvalue weighted by Gasteiger charge is -2.31. The molecule has 1 aliphatic rings. The first-order chi connectivity index (χ1) is 9.47. The minimum atomic E-state index is -0.764. The second-order valence-electron chi connectivity index (χ2n) is 5.30. The topological polar surface area (TPSA) is 57.6 Å². The number of benzene rings is 1. The van der Waals surface area contributed by atoms with Crippen LogP contribution in [0.25, 0.3) is 0 Å². The van der Waals surface area contributed by atoms with Crippen LogP contribution in [0.1, 0.15) is 35.2 Å². The number of hydrogen-bond acceptors (Lipinski definition) is 2. The maximum absolute atomic E-state index is 12.3. The van der Waals surface area contributed by atoms with Crippen molar-refractivity contribution in [3.63, 3.8) is 0 Å². The van der Waals surface area contributed by atoms with Gasteiger partial charge in [0.05, 0.1) is 0 Å². The van der Waals surface area contributed by atoms with Crippen LogP contribution in [-0.4, -0.2) is 35.0 Å². The van der Waals surface area contributed by atoms with Crippen molar-refractivity contribution < 1.29 is 14.7 Å². The molecule has 4 nitrogen and oxygen atoms in total. The lowest BCUT2D eigenvalue weighted by atomic mass is 9.93. The first-order valence-corrected chi connectivity index (χ1v) is 7.12. The van der Waals surface area contributed by atoms with Crippen molar-refractivity contribution in [3.8, 4) is 0 Å². The van der Waals surface area contributed by atoms with Gasteiger partial charge in [-0.05, 0) is 43.4 Å². The molecular formula is C15H18ClNO3. The first kappa shape index (κ1) is 14.9. The van der Waals surface area contributed by atoms with Gasteiger partial charge in [-0.25, -0.2) is 0 Å². The summed E-state index contributed by atoms with van der Waals surface area (Å²) >= 11 is 6.04. The number of aliphatic carboxylic acids is 1. The van der Waals surface area contributed by atoms with E-state index in [1.807, 2.05) is 13.0 Å². The third-order valence-electron chi connectivity index (χ3n) is 3.78. The van der Waals surface area contributed by atoms with Crippen molar-refractivity contribution in [1.29, 1.82) is 0 Å². The SMILES string of the molecule is Cc1ccc(C(=O)N2CCC(CC(=O)O)CC2)cc1Cl. The molecule has 1 aromatic carbocycles. The van der Waals surface area contributed by atoms with Gasteiger partial charge in [0.2, 0.25) is 0 Å². The lowest BCUT2D eigenvalue weighted by Crippen LogP contribution is -2.38. The molecule has 1 amide bonds. The van der Waals surface area contributed by atoms with Crippen LogP contribution in [0, 0.1) is 12.8 Å². The Labute approximate surface area is 123 Å². The van der Waals surface area contributed by atoms with Crippen LogP contribution in [0.3, 0.4) is 0 Å². The molecule has 0 saturated carbocycles. The highest BCUT2D eigenvalue weighted by Crippen LogP contribution is 2.23. The molecule has 0 atom stereocenters. The highest BCUT2D eigenvalue weighted by Gasteiger charge is 2.25. The summed E-state index contributed by atoms with van der Waals surface area (Å²) in [6, 6.07) is 5.32. The third kappa shape index (κ3) is 3.51. The van der Waals surface area contributed by atoms with E-state index in [1.54, 1.807) is 17.0 Å². The van der Waals surface area contributed by atoms with Crippen molar-refractivity contribution in [2.75, 3.05) is 13.1 Å². The summed E-state index contributed by atoms with van der Waals surface area (Å²) in [5.41, 5.74) is 1.54. The number of aryl methyl sites for hydroxylation is 1. The molecule has 0 spiro atoms. The van der Waals surface area contributed by atoms with E-state index in [0.717, 1.165) is 18.4 Å². The van der Waals surface area contributed by atoms with E-state index in [4.69, 9.17) is 16.7 Å². The molecule has 0 aromatic heterocycles. The molecule has 1 heterocycles. The second-order valence-corrected chi connectivity index (χ2v) is 5.70. The van der Waals surface area contributed by atoms with Crippen LogP contribution in [0.2, 0.25) is 5.02 Å². The van der Waals surface area contributed by atoms with Gasteiger partial charge >= 0.3 is 5.97 Å². The molecule has 1 N–H and O–H groups in total. The number of amides is 1. The Hall–Kier alpha value is -1.55. The number of rotatable bonds is 3. The maximum Gasteiger partial charge on any atom is 0.303 e. The van der Waals surface area contributed by atoms with Crippen molar-refractivity contribution in [1.82, 2.24) is 4.90 Å². The standard InChI is InChI=1S/C15H18ClNO3/c1-10-2-3-12(9-13(10)16)15(20)17-6-4-11(5-7-17)8-14(18)19/h2-3,9,11H,4-8H2,1H3,(H,18,19). The predicted octanol–water partition coefficient (Wildman–Crippen LogP) is 2.98. The fourth-order valence-electron chi connectivity index (χ4n) is 2.50. The Bertz CT molecular complexity index is 522. The van der Waals surface area contributed by atoms with Gasteiger partial charge in [0.15, 0.2) is 0 Å². The number of carbonyl (C=O) groups excluding carboxylic acids is 1. The Morgan fingerprint density at radius 3 is 2.55 bits per heavy atom. The molecular weight excluding hydrogens is 278 g/mol. The smallest absolute Gasteiger partial charge is 0.303 e. The fraction of sp³-hybridized carbons (Fsp3) is 0.467. The van der Waals surface area contributed by atoms with Crippen LogP contribution < -0.4 is 0 Å². The zero-order chi connectivity index (χ0) is 14.7. The van der Waals surface area contributed by atoms with E-state index in [2.05, 4.69) is 0 Å². The van der Waals surface area contributed by atoms with Crippen molar-refractivity contribution in [3.05, 3.63) is 34.3 Å². The average molecular weight is 296 g/mol. The van der Waals surface area contributed by atoms with Crippen molar-refractivity contribution in [2.24, 2.45) is 5.92 Å². The Morgan fingerprint density at radius 2 is 2.00 bits per heavy atom. The number of carboxylic acid groups (broad SMARTS) is 1. The molecule has 1 fully saturated rings. The minimum Gasteiger partial charge on any atom is -0.481 e. The summed E-state index contributed by atoms with van der Waals surface area (Å²) in [5, 5.41) is 9.37. The number of carbonyl (C=O) groups is 2. The van der Waals surface area contributed by atoms with E-state index >= 15 is 0 Å². The molecule has 0 bridgehead atoms. The molecule has 20 heavy (non-hydrogen) atoms. The average Bonchev–Trinajstić information content (AvgIpc) is 2.41. The van der Waals surface area contributed by atoms with E-state index in [1.165, 1.54) is 0 Å². The molecule has 1 aliphatic heterocycles. The number of likely N-dealkylation sites (tertiary alicyclic amines) is 1. The van der Waals surface area contributed by atoms with Crippen LogP contribution >= 0.6 is 11.6 Å². The highest BCUT2D eigenvalue weighted by molar-refractivity contribution is 6.31. The number of halogens is 1. The number of piperidine rings is 1. The highest BCUT2D eigenvalue weighted by atomic mass is 35.5. The molecule has 2 rings (SSSR count). The lowest BCUT2D eigenvalue weighted by molar-refractivity contribution is -0.138. The van der Waals surface area contributed by atoms with Crippen LogP contribution in [0.5, 0.6) is 0 Å². The Kier molecular flexibility index (Phi) is 4.65. The van der Waals surface area contributed by atoms with E-state index in [0.29, 0.717) is 23.7 Å². The van der Waals surface area contributed by atoms with Crippen LogP contribution in [0.4, 0.5) is 0 Å². The number of hydrogen-bond donors (Lipinski definition) is 1. The zero-order valence-electron chi connectivity index (χ0n) is 11.4.